The topological polar surface area (TPSA) is 52.6 Å². The maximum Gasteiger partial charge on any atom is 0.345 e. The third-order valence-corrected chi connectivity index (χ3v) is 4.14. The number of carbonyl (C=O) groups excluding carboxylic acids is 2. The van der Waals surface area contributed by atoms with Crippen LogP contribution in [0.15, 0.2) is 84.9 Å². The van der Waals surface area contributed by atoms with E-state index in [1.807, 2.05) is 67.6 Å². The summed E-state index contributed by atoms with van der Waals surface area (Å²) < 4.78 is 10.8. The van der Waals surface area contributed by atoms with Crippen molar-refractivity contribution in [3.63, 3.8) is 0 Å². The monoisotopic (exact) mass is 360 g/mol. The minimum absolute atomic E-state index is 0.264. The molecule has 0 aliphatic rings. The van der Waals surface area contributed by atoms with Crippen LogP contribution >= 0.6 is 0 Å². The fourth-order valence-corrected chi connectivity index (χ4v) is 2.76. The molecule has 0 saturated carbocycles. The molecule has 0 aliphatic heterocycles. The highest BCUT2D eigenvalue weighted by Crippen LogP contribution is 2.24. The first kappa shape index (κ1) is 18.4. The number of para-hydroxylation sites is 1. The van der Waals surface area contributed by atoms with Gasteiger partial charge in [0.1, 0.15) is 11.5 Å². The van der Waals surface area contributed by atoms with Gasteiger partial charge < -0.3 is 9.47 Å². The van der Waals surface area contributed by atoms with Crippen LogP contribution < -0.4 is 4.74 Å². The second-order valence-corrected chi connectivity index (χ2v) is 6.02. The van der Waals surface area contributed by atoms with E-state index in [9.17, 15) is 9.59 Å². The molecule has 0 amide bonds. The highest BCUT2D eigenvalue weighted by molar-refractivity contribution is 5.98. The maximum atomic E-state index is 12.5. The number of hydrogen-bond acceptors (Lipinski definition) is 4. The molecule has 3 rings (SSSR count). The van der Waals surface area contributed by atoms with E-state index in [2.05, 4.69) is 0 Å². The Balaban J connectivity index is 1.70. The Kier molecular flexibility index (Phi) is 6.00. The van der Waals surface area contributed by atoms with Gasteiger partial charge in [0.25, 0.3) is 0 Å². The zero-order valence-corrected chi connectivity index (χ0v) is 15.0. The predicted molar refractivity (Wildman–Crippen MR) is 103 cm³/mol. The molecule has 0 radical (unpaired) electrons. The number of ether oxygens (including phenoxy) is 2. The van der Waals surface area contributed by atoms with Crippen molar-refractivity contribution in [1.29, 1.82) is 0 Å². The first-order chi connectivity index (χ1) is 13.2. The molecule has 3 aromatic rings. The van der Waals surface area contributed by atoms with E-state index in [1.165, 1.54) is 0 Å². The third kappa shape index (κ3) is 4.82. The summed E-state index contributed by atoms with van der Waals surface area (Å²) in [6.45, 7) is 1.89. The minimum atomic E-state index is -0.687. The fourth-order valence-electron chi connectivity index (χ4n) is 2.76. The summed E-state index contributed by atoms with van der Waals surface area (Å²) in [6, 6.07) is 25.1. The Bertz CT molecular complexity index is 904. The summed E-state index contributed by atoms with van der Waals surface area (Å²) in [6.07, 6.45) is 0.549. The van der Waals surface area contributed by atoms with Gasteiger partial charge in [-0.3, -0.25) is 4.79 Å². The standard InChI is InChI=1S/C23H20O4/c1-2-21(17-10-5-3-6-11-17)23(25)27-22(24)18-12-9-15-20(16-18)26-19-13-7-4-8-14-19/h3-16,21H,2H2,1H3. The molecule has 0 aromatic heterocycles. The van der Waals surface area contributed by atoms with Crippen molar-refractivity contribution in [3.8, 4) is 11.5 Å². The average Bonchev–Trinajstić information content (AvgIpc) is 2.70. The average molecular weight is 360 g/mol. The molecule has 0 spiro atoms. The van der Waals surface area contributed by atoms with Crippen LogP contribution in [0.1, 0.15) is 35.2 Å². The Labute approximate surface area is 158 Å². The second-order valence-electron chi connectivity index (χ2n) is 6.02. The van der Waals surface area contributed by atoms with Gasteiger partial charge in [-0.05, 0) is 42.3 Å². The van der Waals surface area contributed by atoms with E-state index in [0.29, 0.717) is 17.9 Å². The number of benzene rings is 3. The number of rotatable bonds is 6. The number of carbonyl (C=O) groups is 2. The molecule has 136 valence electrons. The summed E-state index contributed by atoms with van der Waals surface area (Å²) in [7, 11) is 0. The molecule has 0 N–H and O–H groups in total. The van der Waals surface area contributed by atoms with Crippen molar-refractivity contribution >= 4 is 11.9 Å². The van der Waals surface area contributed by atoms with E-state index < -0.39 is 17.9 Å². The Morgan fingerprint density at radius 3 is 2.11 bits per heavy atom. The lowest BCUT2D eigenvalue weighted by Gasteiger charge is -2.13. The van der Waals surface area contributed by atoms with Gasteiger partial charge in [0, 0.05) is 0 Å². The predicted octanol–water partition coefficient (Wildman–Crippen LogP) is 5.36. The van der Waals surface area contributed by atoms with Crippen LogP contribution in [0.5, 0.6) is 11.5 Å². The highest BCUT2D eigenvalue weighted by Gasteiger charge is 2.23. The quantitative estimate of drug-likeness (QED) is 0.439. The lowest BCUT2D eigenvalue weighted by Crippen LogP contribution is -2.19. The van der Waals surface area contributed by atoms with Crippen LogP contribution in [0.3, 0.4) is 0 Å². The molecular weight excluding hydrogens is 340 g/mol. The maximum absolute atomic E-state index is 12.5. The summed E-state index contributed by atoms with van der Waals surface area (Å²) >= 11 is 0. The molecule has 1 unspecified atom stereocenters. The molecule has 0 fully saturated rings. The molecule has 0 aliphatic carbocycles. The molecule has 4 nitrogen and oxygen atoms in total. The van der Waals surface area contributed by atoms with E-state index in [-0.39, 0.29) is 5.56 Å². The van der Waals surface area contributed by atoms with Crippen molar-refractivity contribution in [3.05, 3.63) is 96.1 Å². The van der Waals surface area contributed by atoms with E-state index in [4.69, 9.17) is 9.47 Å². The molecule has 0 saturated heterocycles. The molecule has 3 aromatic carbocycles. The normalized spacial score (nSPS) is 11.4. The van der Waals surface area contributed by atoms with Crippen LogP contribution in [0.25, 0.3) is 0 Å². The van der Waals surface area contributed by atoms with Crippen LogP contribution in [-0.4, -0.2) is 11.9 Å². The fraction of sp³-hybridized carbons (Fsp3) is 0.130. The van der Waals surface area contributed by atoms with Crippen molar-refractivity contribution in [2.24, 2.45) is 0 Å². The molecule has 4 heteroatoms. The summed E-state index contributed by atoms with van der Waals surface area (Å²) in [5, 5.41) is 0. The number of hydrogen-bond donors (Lipinski definition) is 0. The van der Waals surface area contributed by atoms with Gasteiger partial charge in [0.15, 0.2) is 0 Å². The smallest absolute Gasteiger partial charge is 0.345 e. The molecule has 0 heterocycles. The van der Waals surface area contributed by atoms with E-state index in [1.54, 1.807) is 24.3 Å². The van der Waals surface area contributed by atoms with Gasteiger partial charge >= 0.3 is 11.9 Å². The van der Waals surface area contributed by atoms with Gasteiger partial charge in [0.05, 0.1) is 11.5 Å². The zero-order valence-electron chi connectivity index (χ0n) is 15.0. The van der Waals surface area contributed by atoms with E-state index >= 15 is 0 Å². The Hall–Kier alpha value is -3.40. The van der Waals surface area contributed by atoms with Crippen LogP contribution in [0.2, 0.25) is 0 Å². The first-order valence-corrected chi connectivity index (χ1v) is 8.81. The molecule has 27 heavy (non-hydrogen) atoms. The Morgan fingerprint density at radius 2 is 1.44 bits per heavy atom. The zero-order chi connectivity index (χ0) is 19.1. The van der Waals surface area contributed by atoms with Gasteiger partial charge in [-0.25, -0.2) is 4.79 Å². The second kappa shape index (κ2) is 8.81. The lowest BCUT2D eigenvalue weighted by atomic mass is 9.97. The van der Waals surface area contributed by atoms with Gasteiger partial charge in [0.2, 0.25) is 0 Å². The largest absolute Gasteiger partial charge is 0.457 e. The third-order valence-electron chi connectivity index (χ3n) is 4.14. The molecular formula is C23H20O4. The minimum Gasteiger partial charge on any atom is -0.457 e. The summed E-state index contributed by atoms with van der Waals surface area (Å²) in [5.74, 6) is -0.553. The van der Waals surface area contributed by atoms with Crippen molar-refractivity contribution in [2.75, 3.05) is 0 Å². The van der Waals surface area contributed by atoms with Crippen LogP contribution in [0, 0.1) is 0 Å². The van der Waals surface area contributed by atoms with Crippen molar-refractivity contribution < 1.29 is 19.1 Å². The van der Waals surface area contributed by atoms with Crippen molar-refractivity contribution in [2.45, 2.75) is 19.3 Å². The highest BCUT2D eigenvalue weighted by atomic mass is 16.6. The van der Waals surface area contributed by atoms with Crippen LogP contribution in [-0.2, 0) is 9.53 Å². The summed E-state index contributed by atoms with van der Waals surface area (Å²) in [5.41, 5.74) is 1.10. The summed E-state index contributed by atoms with van der Waals surface area (Å²) in [4.78, 5) is 24.9. The van der Waals surface area contributed by atoms with E-state index in [0.717, 1.165) is 5.56 Å². The van der Waals surface area contributed by atoms with Crippen LogP contribution in [0.4, 0.5) is 0 Å². The molecule has 0 bridgehead atoms. The lowest BCUT2D eigenvalue weighted by molar-refractivity contribution is -0.139. The first-order valence-electron chi connectivity index (χ1n) is 8.81. The van der Waals surface area contributed by atoms with Gasteiger partial charge in [-0.1, -0.05) is 61.5 Å². The molecule has 1 atom stereocenters. The SMILES string of the molecule is CCC(C(=O)OC(=O)c1cccc(Oc2ccccc2)c1)c1ccccc1. The van der Waals surface area contributed by atoms with Gasteiger partial charge in [-0.2, -0.15) is 0 Å². The van der Waals surface area contributed by atoms with Crippen molar-refractivity contribution in [1.82, 2.24) is 0 Å². The Morgan fingerprint density at radius 1 is 0.815 bits per heavy atom. The van der Waals surface area contributed by atoms with Gasteiger partial charge in [-0.15, -0.1) is 0 Å². The number of esters is 2.